The summed E-state index contributed by atoms with van der Waals surface area (Å²) in [5, 5.41) is 21.4. The first kappa shape index (κ1) is 81.7. The van der Waals surface area contributed by atoms with E-state index in [4.69, 9.17) is 25.8 Å². The zero-order chi connectivity index (χ0) is 81.8. The minimum atomic E-state index is -0.819. The van der Waals surface area contributed by atoms with Crippen LogP contribution in [0.3, 0.4) is 0 Å². The molecule has 22 heteroatoms. The van der Waals surface area contributed by atoms with Gasteiger partial charge in [0.05, 0.1) is 43.9 Å². The van der Waals surface area contributed by atoms with Gasteiger partial charge >= 0.3 is 6.09 Å². The number of amides is 1. The second-order valence-electron chi connectivity index (χ2n) is 30.3. The summed E-state index contributed by atoms with van der Waals surface area (Å²) in [4.78, 5) is 32.2. The average Bonchev–Trinajstić information content (AvgIpc) is 1.65. The Morgan fingerprint density at radius 3 is 1.24 bits per heavy atom. The van der Waals surface area contributed by atoms with Crippen LogP contribution in [0, 0.1) is 11.6 Å². The molecule has 10 heterocycles. The van der Waals surface area contributed by atoms with Crippen LogP contribution in [0.15, 0.2) is 265 Å². The molecule has 9 N–H and O–H groups in total. The number of hydrogen-bond acceptors (Lipinski definition) is 8. The van der Waals surface area contributed by atoms with Crippen molar-refractivity contribution in [3.8, 4) is 11.5 Å². The molecule has 0 bridgehead atoms. The zero-order valence-electron chi connectivity index (χ0n) is 65.3. The lowest BCUT2D eigenvalue weighted by Gasteiger charge is -2.35. The highest BCUT2D eigenvalue weighted by Gasteiger charge is 2.36. The molecule has 11 aromatic carbocycles. The molecule has 21 rings (SSSR count). The first-order chi connectivity index (χ1) is 58.1. The number of benzene rings is 11. The van der Waals surface area contributed by atoms with Gasteiger partial charge in [0.1, 0.15) is 18.1 Å². The fourth-order valence-corrected chi connectivity index (χ4v) is 19.5. The molecule has 5 unspecified atom stereocenters. The van der Waals surface area contributed by atoms with Gasteiger partial charge in [0.15, 0.2) is 11.6 Å². The lowest BCUT2D eigenvalue weighted by Crippen LogP contribution is -2.41. The van der Waals surface area contributed by atoms with E-state index in [1.54, 1.807) is 13.2 Å². The van der Waals surface area contributed by atoms with Crippen molar-refractivity contribution in [1.29, 1.82) is 0 Å². The van der Waals surface area contributed by atoms with E-state index in [0.29, 0.717) is 19.8 Å². The molecule has 0 aliphatic carbocycles. The summed E-state index contributed by atoms with van der Waals surface area (Å²) in [7, 11) is 1.70. The number of aromatic amines is 5. The van der Waals surface area contributed by atoms with Gasteiger partial charge < -0.3 is 60.4 Å². The van der Waals surface area contributed by atoms with Crippen LogP contribution in [0.5, 0.6) is 11.5 Å². The lowest BCUT2D eigenvalue weighted by atomic mass is 9.93. The standard InChI is InChI=1S/C24H21ClN2O.C21H21BrN2O2.C18H17BrN2O.C17H14Br2N2.C17H13BrF2N2/c25-18-8-11-22-21(14-18)20-12-13-26-23(24(20)27-22)17-6-9-19(10-7-17)28-15-16-4-2-1-3-5-16;1-2-26-21(25)24-11-10-16-17-13-15(22)8-9-18(17)23-20(16)19(24)12-14-6-4-3-5-7-14;1-22-13-5-2-11(3-6-13)17-18-14(8-9-20-17)15-10-12(19)4-7-16(15)21-18;18-11-3-1-2-10(8-11)16-17-13(6-7-20-16)14-9-12(19)4-5-15(14)21-17;18-10-2-4-15-12(8-10)11-5-6-21-16(17(11)22-15)9-1-3-13(19)14(20)7-9/h1-11,14,23,26-27H,12-13,15H2;3-9,13,19,23H,2,10-12H2,1H3;2-7,10,17,20-21H,8-9H2,1H3;1-5,8-9,16,20-21H,6-7H2;1-4,7-8,16,21-22H,5-6H2. The largest absolute Gasteiger partial charge is 0.497 e. The predicted octanol–water partition coefficient (Wildman–Crippen LogP) is 24.4. The van der Waals surface area contributed by atoms with E-state index in [2.05, 4.69) is 265 Å². The minimum absolute atomic E-state index is 0.0497. The summed E-state index contributed by atoms with van der Waals surface area (Å²) in [5.74, 6) is 0.137. The molecule has 5 aliphatic rings. The summed E-state index contributed by atoms with van der Waals surface area (Å²) < 4.78 is 48.7. The lowest BCUT2D eigenvalue weighted by molar-refractivity contribution is 0.0857. The molecule has 0 fully saturated rings. The van der Waals surface area contributed by atoms with Gasteiger partial charge in [-0.3, -0.25) is 4.90 Å². The number of methoxy groups -OCH3 is 1. The van der Waals surface area contributed by atoms with Crippen LogP contribution in [0.4, 0.5) is 13.6 Å². The molecule has 5 atom stereocenters. The summed E-state index contributed by atoms with van der Waals surface area (Å²) in [6.07, 6.45) is 5.39. The second kappa shape index (κ2) is 36.8. The third kappa shape index (κ3) is 18.0. The van der Waals surface area contributed by atoms with Crippen molar-refractivity contribution >= 4 is 152 Å². The van der Waals surface area contributed by atoms with Crippen molar-refractivity contribution in [1.82, 2.24) is 51.1 Å². The van der Waals surface area contributed by atoms with Crippen molar-refractivity contribution in [2.75, 3.05) is 46.4 Å². The molecule has 5 aromatic heterocycles. The highest BCUT2D eigenvalue weighted by Crippen LogP contribution is 2.43. The highest BCUT2D eigenvalue weighted by molar-refractivity contribution is 9.11. The van der Waals surface area contributed by atoms with Crippen molar-refractivity contribution in [2.24, 2.45) is 0 Å². The van der Waals surface area contributed by atoms with E-state index in [-0.39, 0.29) is 36.3 Å². The summed E-state index contributed by atoms with van der Waals surface area (Å²) in [6, 6.07) is 81.6. The number of hydrogen-bond donors (Lipinski definition) is 9. The van der Waals surface area contributed by atoms with Crippen LogP contribution < -0.4 is 30.7 Å². The van der Waals surface area contributed by atoms with Crippen LogP contribution in [0.25, 0.3) is 54.5 Å². The number of nitrogens with one attached hydrogen (secondary N) is 9. The molecule has 5 aliphatic heterocycles. The molecule has 0 spiro atoms. The molecule has 0 saturated carbocycles. The fraction of sp³-hybridized carbons (Fsp3) is 0.206. The first-order valence-electron chi connectivity index (χ1n) is 40.1. The molecule has 0 saturated heterocycles. The number of carbonyl (C=O) groups excluding carboxylic acids is 1. The molecule has 0 radical (unpaired) electrons. The van der Waals surface area contributed by atoms with Gasteiger partial charge in [-0.15, -0.1) is 0 Å². The maximum atomic E-state index is 13.5. The van der Waals surface area contributed by atoms with Crippen LogP contribution >= 0.6 is 91.3 Å². The quantitative estimate of drug-likeness (QED) is 0.0615. The van der Waals surface area contributed by atoms with Crippen molar-refractivity contribution < 1.29 is 27.8 Å². The van der Waals surface area contributed by atoms with Gasteiger partial charge in [-0.05, 0) is 246 Å². The Kier molecular flexibility index (Phi) is 25.2. The zero-order valence-corrected chi connectivity index (χ0v) is 74.0. The maximum Gasteiger partial charge on any atom is 0.410 e. The topological polar surface area (TPSA) is 175 Å². The molecule has 119 heavy (non-hydrogen) atoms. The molecule has 14 nitrogen and oxygen atoms in total. The number of nitrogens with zero attached hydrogens (tertiary/aromatic N) is 1. The monoisotopic (exact) mass is 1920 g/mol. The van der Waals surface area contributed by atoms with E-state index < -0.39 is 11.6 Å². The van der Waals surface area contributed by atoms with E-state index in [1.807, 2.05) is 96.8 Å². The summed E-state index contributed by atoms with van der Waals surface area (Å²) >= 11 is 24.0. The number of rotatable bonds is 11. The maximum absolute atomic E-state index is 13.5. The third-order valence-electron chi connectivity index (χ3n) is 23.0. The van der Waals surface area contributed by atoms with E-state index in [0.717, 1.165) is 137 Å². The van der Waals surface area contributed by atoms with Crippen LogP contribution in [-0.2, 0) is 49.9 Å². The minimum Gasteiger partial charge on any atom is -0.497 e. The van der Waals surface area contributed by atoms with Crippen LogP contribution in [0.1, 0.15) is 127 Å². The Hall–Kier alpha value is -9.62. The Labute approximate surface area is 736 Å². The number of fused-ring (bicyclic) bond motifs is 15. The Bertz CT molecular complexity index is 6340. The average molecular weight is 1930 g/mol. The van der Waals surface area contributed by atoms with Crippen molar-refractivity contribution in [2.45, 2.75) is 82.3 Å². The van der Waals surface area contributed by atoms with Gasteiger partial charge in [-0.25, -0.2) is 13.6 Å². The van der Waals surface area contributed by atoms with Gasteiger partial charge in [0.25, 0.3) is 0 Å². The normalized spacial score (nSPS) is 17.1. The Morgan fingerprint density at radius 2 is 0.798 bits per heavy atom. The number of aromatic nitrogens is 5. The summed E-state index contributed by atoms with van der Waals surface area (Å²) in [6.45, 7) is 7.23. The van der Waals surface area contributed by atoms with Crippen LogP contribution in [0.2, 0.25) is 5.02 Å². The Balaban J connectivity index is 0.000000107. The molecular formula is C97H86Br5ClF2N10O4. The van der Waals surface area contributed by atoms with E-state index >= 15 is 0 Å². The number of halogens is 8. The predicted molar refractivity (Wildman–Crippen MR) is 493 cm³/mol. The number of H-pyrrole nitrogens is 5. The summed E-state index contributed by atoms with van der Waals surface area (Å²) in [5.41, 5.74) is 25.4. The Morgan fingerprint density at radius 1 is 0.403 bits per heavy atom. The van der Waals surface area contributed by atoms with Gasteiger partial charge in [-0.2, -0.15) is 0 Å². The third-order valence-corrected chi connectivity index (χ3v) is 25.7. The second-order valence-corrected chi connectivity index (χ2v) is 35.3. The van der Waals surface area contributed by atoms with E-state index in [1.165, 1.54) is 123 Å². The van der Waals surface area contributed by atoms with Gasteiger partial charge in [-0.1, -0.05) is 194 Å². The molecule has 1 amide bonds. The molecule has 16 aromatic rings. The fourth-order valence-electron chi connectivity index (χ4n) is 17.4. The first-order valence-corrected chi connectivity index (χ1v) is 44.4. The molecule has 604 valence electrons. The molecular weight excluding hydrogens is 1840 g/mol. The van der Waals surface area contributed by atoms with Crippen molar-refractivity contribution in [3.05, 3.63) is 371 Å². The number of ether oxygens (including phenoxy) is 3. The van der Waals surface area contributed by atoms with Crippen molar-refractivity contribution in [3.63, 3.8) is 0 Å². The SMILES string of the molecule is Brc1cccc(C2NCCc3c2[nH]c2ccc(Br)cc32)c1.CCOC(=O)N1CCc2c([nH]c3ccc(Br)cc23)C1Cc1ccccc1.COc1ccc(C2NCCc3c2[nH]c2ccc(Br)cc32)cc1.Clc1ccc2[nH]c3c(c2c1)CCNC3c1ccc(OCc2ccccc2)cc1.Fc1ccc(C2NCCc3c2[nH]c2ccc(Br)cc32)cc1F. The smallest absolute Gasteiger partial charge is 0.410 e. The van der Waals surface area contributed by atoms with E-state index in [9.17, 15) is 13.6 Å². The highest BCUT2D eigenvalue weighted by atomic mass is 79.9. The van der Waals surface area contributed by atoms with Gasteiger partial charge in [0.2, 0.25) is 0 Å². The van der Waals surface area contributed by atoms with Crippen LogP contribution in [-0.4, -0.2) is 82.4 Å². The van der Waals surface area contributed by atoms with Gasteiger partial charge in [0, 0.05) is 143 Å². The number of carbonyl (C=O) groups is 1.